The van der Waals surface area contributed by atoms with E-state index < -0.39 is 0 Å². The zero-order chi connectivity index (χ0) is 13.7. The lowest BCUT2D eigenvalue weighted by Gasteiger charge is -2.01. The van der Waals surface area contributed by atoms with E-state index in [-0.39, 0.29) is 5.75 Å². The summed E-state index contributed by atoms with van der Waals surface area (Å²) in [5, 5.41) is 17.9. The summed E-state index contributed by atoms with van der Waals surface area (Å²) >= 11 is 0. The zero-order valence-corrected chi connectivity index (χ0v) is 11.0. The van der Waals surface area contributed by atoms with Crippen LogP contribution in [0.4, 0.5) is 11.4 Å². The number of rotatable bonds is 4. The van der Waals surface area contributed by atoms with E-state index in [0.717, 1.165) is 17.7 Å². The molecule has 0 spiro atoms. The highest BCUT2D eigenvalue weighted by atomic mass is 16.5. The summed E-state index contributed by atoms with van der Waals surface area (Å²) < 4.78 is 5.07. The van der Waals surface area contributed by atoms with E-state index in [1.807, 2.05) is 36.4 Å². The number of azo groups is 1. The van der Waals surface area contributed by atoms with Crippen molar-refractivity contribution in [1.82, 2.24) is 0 Å². The minimum Gasteiger partial charge on any atom is -0.506 e. The van der Waals surface area contributed by atoms with E-state index in [1.54, 1.807) is 13.2 Å². The lowest BCUT2D eigenvalue weighted by Crippen LogP contribution is -1.80. The number of hydrogen-bond donors (Lipinski definition) is 1. The van der Waals surface area contributed by atoms with Crippen molar-refractivity contribution in [2.45, 2.75) is 13.3 Å². The molecule has 0 heterocycles. The molecular weight excluding hydrogens is 240 g/mol. The van der Waals surface area contributed by atoms with E-state index in [1.165, 1.54) is 0 Å². The number of ether oxygens (including phenoxy) is 1. The van der Waals surface area contributed by atoms with E-state index in [4.69, 9.17) is 4.74 Å². The van der Waals surface area contributed by atoms with Crippen LogP contribution in [0.1, 0.15) is 12.5 Å². The number of benzene rings is 2. The molecule has 98 valence electrons. The number of phenolic OH excluding ortho intramolecular Hbond substituents is 1. The highest BCUT2D eigenvalue weighted by molar-refractivity contribution is 5.53. The Labute approximate surface area is 112 Å². The molecule has 2 rings (SSSR count). The summed E-state index contributed by atoms with van der Waals surface area (Å²) in [7, 11) is 1.62. The molecule has 0 aromatic heterocycles. The summed E-state index contributed by atoms with van der Waals surface area (Å²) in [6.45, 7) is 2.05. The smallest absolute Gasteiger partial charge is 0.143 e. The predicted molar refractivity (Wildman–Crippen MR) is 74.7 cm³/mol. The number of hydrogen-bond acceptors (Lipinski definition) is 4. The molecule has 2 aromatic rings. The third-order valence-corrected chi connectivity index (χ3v) is 2.79. The van der Waals surface area contributed by atoms with Crippen molar-refractivity contribution < 1.29 is 9.84 Å². The van der Waals surface area contributed by atoms with Gasteiger partial charge in [-0.05, 0) is 48.4 Å². The molecule has 0 atom stereocenters. The molecule has 0 radical (unpaired) electrons. The van der Waals surface area contributed by atoms with Gasteiger partial charge in [-0.25, -0.2) is 0 Å². The first-order valence-corrected chi connectivity index (χ1v) is 6.10. The van der Waals surface area contributed by atoms with Gasteiger partial charge in [0.05, 0.1) is 12.8 Å². The molecule has 1 N–H and O–H groups in total. The Morgan fingerprint density at radius 3 is 2.42 bits per heavy atom. The molecular formula is C15H16N2O2. The van der Waals surface area contributed by atoms with Gasteiger partial charge in [0.25, 0.3) is 0 Å². The van der Waals surface area contributed by atoms with Gasteiger partial charge in [-0.3, -0.25) is 0 Å². The molecule has 4 nitrogen and oxygen atoms in total. The summed E-state index contributed by atoms with van der Waals surface area (Å²) in [4.78, 5) is 0. The maximum absolute atomic E-state index is 9.72. The molecule has 0 unspecified atom stereocenters. The van der Waals surface area contributed by atoms with Gasteiger partial charge in [0.1, 0.15) is 17.2 Å². The highest BCUT2D eigenvalue weighted by Gasteiger charge is 2.01. The Morgan fingerprint density at radius 2 is 1.79 bits per heavy atom. The van der Waals surface area contributed by atoms with Crippen molar-refractivity contribution in [3.63, 3.8) is 0 Å². The summed E-state index contributed by atoms with van der Waals surface area (Å²) in [5.41, 5.74) is 2.30. The lowest BCUT2D eigenvalue weighted by molar-refractivity contribution is 0.415. The van der Waals surface area contributed by atoms with Crippen LogP contribution in [-0.2, 0) is 6.42 Å². The fourth-order valence-corrected chi connectivity index (χ4v) is 1.63. The van der Waals surface area contributed by atoms with Crippen LogP contribution in [0.25, 0.3) is 0 Å². The number of methoxy groups -OCH3 is 1. The molecule has 4 heteroatoms. The van der Waals surface area contributed by atoms with Gasteiger partial charge < -0.3 is 9.84 Å². The van der Waals surface area contributed by atoms with Crippen molar-refractivity contribution >= 4 is 11.4 Å². The molecule has 0 aliphatic heterocycles. The van der Waals surface area contributed by atoms with Crippen molar-refractivity contribution in [2.24, 2.45) is 10.2 Å². The lowest BCUT2D eigenvalue weighted by atomic mass is 10.1. The van der Waals surface area contributed by atoms with E-state index in [0.29, 0.717) is 11.4 Å². The topological polar surface area (TPSA) is 54.2 Å². The third-order valence-electron chi connectivity index (χ3n) is 2.79. The summed E-state index contributed by atoms with van der Waals surface area (Å²) in [6.07, 6.45) is 0.894. The van der Waals surface area contributed by atoms with Gasteiger partial charge in [0.15, 0.2) is 0 Å². The fourth-order valence-electron chi connectivity index (χ4n) is 1.63. The maximum Gasteiger partial charge on any atom is 0.143 e. The predicted octanol–water partition coefficient (Wildman–Crippen LogP) is 4.38. The van der Waals surface area contributed by atoms with E-state index in [9.17, 15) is 5.11 Å². The summed E-state index contributed by atoms with van der Waals surface area (Å²) in [5.74, 6) is 0.907. The molecule has 0 bridgehead atoms. The summed E-state index contributed by atoms with van der Waals surface area (Å²) in [6, 6.07) is 12.6. The average molecular weight is 256 g/mol. The van der Waals surface area contributed by atoms with Crippen LogP contribution in [0.5, 0.6) is 11.5 Å². The number of phenols is 1. The van der Waals surface area contributed by atoms with Crippen LogP contribution in [0.3, 0.4) is 0 Å². The Kier molecular flexibility index (Phi) is 4.13. The maximum atomic E-state index is 9.72. The Hall–Kier alpha value is -2.36. The minimum atomic E-state index is 0.134. The van der Waals surface area contributed by atoms with Gasteiger partial charge in [-0.1, -0.05) is 13.0 Å². The van der Waals surface area contributed by atoms with Crippen LogP contribution in [0, 0.1) is 0 Å². The van der Waals surface area contributed by atoms with Gasteiger partial charge in [-0.2, -0.15) is 5.11 Å². The first kappa shape index (κ1) is 13.1. The average Bonchev–Trinajstić information content (AvgIpc) is 2.47. The number of aromatic hydroxyl groups is 1. The molecule has 0 fully saturated rings. The van der Waals surface area contributed by atoms with Crippen LogP contribution in [0.2, 0.25) is 0 Å². The minimum absolute atomic E-state index is 0.134. The van der Waals surface area contributed by atoms with Crippen molar-refractivity contribution in [3.05, 3.63) is 48.0 Å². The van der Waals surface area contributed by atoms with Crippen molar-refractivity contribution in [2.75, 3.05) is 7.11 Å². The Morgan fingerprint density at radius 1 is 1.05 bits per heavy atom. The molecule has 19 heavy (non-hydrogen) atoms. The van der Waals surface area contributed by atoms with Gasteiger partial charge in [0, 0.05) is 0 Å². The number of aryl methyl sites for hydroxylation is 1. The normalized spacial score (nSPS) is 10.8. The monoisotopic (exact) mass is 256 g/mol. The van der Waals surface area contributed by atoms with Crippen LogP contribution in [-0.4, -0.2) is 12.2 Å². The van der Waals surface area contributed by atoms with Crippen molar-refractivity contribution in [3.8, 4) is 11.5 Å². The fraction of sp³-hybridized carbons (Fsp3) is 0.200. The molecule has 0 aliphatic rings. The highest BCUT2D eigenvalue weighted by Crippen LogP contribution is 2.29. The molecule has 2 aromatic carbocycles. The second-order valence-electron chi connectivity index (χ2n) is 4.07. The van der Waals surface area contributed by atoms with Gasteiger partial charge >= 0.3 is 0 Å². The quantitative estimate of drug-likeness (QED) is 0.825. The van der Waals surface area contributed by atoms with E-state index >= 15 is 0 Å². The van der Waals surface area contributed by atoms with Crippen LogP contribution in [0.15, 0.2) is 52.7 Å². The molecule has 0 saturated heterocycles. The van der Waals surface area contributed by atoms with Crippen LogP contribution >= 0.6 is 0 Å². The van der Waals surface area contributed by atoms with Gasteiger partial charge in [0.2, 0.25) is 0 Å². The second kappa shape index (κ2) is 6.00. The standard InChI is InChI=1S/C15H16N2O2/c1-3-11-4-9-15(18)14(10-11)17-16-12-5-7-13(19-2)8-6-12/h4-10,18H,3H2,1-2H3. The zero-order valence-electron chi connectivity index (χ0n) is 11.0. The first-order valence-electron chi connectivity index (χ1n) is 6.10. The Bertz CT molecular complexity index is 577. The largest absolute Gasteiger partial charge is 0.506 e. The second-order valence-corrected chi connectivity index (χ2v) is 4.07. The third kappa shape index (κ3) is 3.31. The molecule has 0 amide bonds. The van der Waals surface area contributed by atoms with E-state index in [2.05, 4.69) is 17.2 Å². The molecule has 0 aliphatic carbocycles. The number of nitrogens with zero attached hydrogens (tertiary/aromatic N) is 2. The first-order chi connectivity index (χ1) is 9.22. The van der Waals surface area contributed by atoms with Gasteiger partial charge in [-0.15, -0.1) is 5.11 Å². The molecule has 0 saturated carbocycles. The Balaban J connectivity index is 2.21. The SMILES string of the molecule is CCc1ccc(O)c(N=Nc2ccc(OC)cc2)c1. The van der Waals surface area contributed by atoms with Crippen LogP contribution < -0.4 is 4.74 Å². The van der Waals surface area contributed by atoms with Crippen molar-refractivity contribution in [1.29, 1.82) is 0 Å².